The molecular formula is C19H30ClN3O2. The molecule has 3 fully saturated rings. The number of hydrogen-bond acceptors (Lipinski definition) is 3. The van der Waals surface area contributed by atoms with Crippen LogP contribution in [0.2, 0.25) is 0 Å². The normalized spacial score (nSPS) is 32.8. The zero-order valence-corrected chi connectivity index (χ0v) is 15.7. The maximum absolute atomic E-state index is 12.5. The Morgan fingerprint density at radius 3 is 2.32 bits per heavy atom. The number of piperazine rings is 1. The molecule has 3 aliphatic rings. The van der Waals surface area contributed by atoms with Gasteiger partial charge in [0.2, 0.25) is 11.8 Å². The summed E-state index contributed by atoms with van der Waals surface area (Å²) >= 11 is 6.55. The Morgan fingerprint density at radius 1 is 1.00 bits per heavy atom. The van der Waals surface area contributed by atoms with E-state index in [0.717, 1.165) is 12.8 Å². The van der Waals surface area contributed by atoms with Crippen LogP contribution in [0.5, 0.6) is 0 Å². The Labute approximate surface area is 155 Å². The lowest BCUT2D eigenvalue weighted by Gasteiger charge is -2.44. The zero-order valence-electron chi connectivity index (χ0n) is 15.0. The van der Waals surface area contributed by atoms with Crippen LogP contribution in [0, 0.1) is 11.8 Å². The molecule has 1 heterocycles. The van der Waals surface area contributed by atoms with E-state index in [9.17, 15) is 9.59 Å². The quantitative estimate of drug-likeness (QED) is 0.611. The van der Waals surface area contributed by atoms with Gasteiger partial charge in [0.15, 0.2) is 0 Å². The Bertz CT molecular complexity index is 505. The van der Waals surface area contributed by atoms with Gasteiger partial charge in [0.25, 0.3) is 0 Å². The predicted octanol–water partition coefficient (Wildman–Crippen LogP) is 2.01. The molecule has 0 spiro atoms. The summed E-state index contributed by atoms with van der Waals surface area (Å²) in [6, 6.07) is 0.424. The minimum atomic E-state index is -0.0496. The Kier molecular flexibility index (Phi) is 6.39. The number of carbonyl (C=O) groups is 2. The second kappa shape index (κ2) is 8.54. The highest BCUT2D eigenvalue weighted by Gasteiger charge is 2.39. The molecule has 6 heteroatoms. The van der Waals surface area contributed by atoms with E-state index in [1.807, 2.05) is 4.90 Å². The molecule has 1 saturated heterocycles. The average molecular weight is 368 g/mol. The molecule has 140 valence electrons. The number of fused-ring (bicyclic) bond motifs is 1. The first kappa shape index (κ1) is 18.7. The number of rotatable bonds is 4. The summed E-state index contributed by atoms with van der Waals surface area (Å²) in [7, 11) is 0. The van der Waals surface area contributed by atoms with E-state index < -0.39 is 0 Å². The third kappa shape index (κ3) is 4.37. The number of nitrogens with one attached hydrogen (secondary N) is 1. The van der Waals surface area contributed by atoms with Crippen LogP contribution >= 0.6 is 11.6 Å². The first-order chi connectivity index (χ1) is 12.1. The standard InChI is InChI=1S/C19H30ClN3O2/c1-2-18(24)22-9-11-23(12-10-22)19(25)13-21-17-8-7-16(20)14-5-3-4-6-15(14)17/h2,14-17,21H,1,3-13H2. The largest absolute Gasteiger partial charge is 0.338 e. The maximum Gasteiger partial charge on any atom is 0.246 e. The van der Waals surface area contributed by atoms with Crippen molar-refractivity contribution in [1.29, 1.82) is 0 Å². The van der Waals surface area contributed by atoms with E-state index in [0.29, 0.717) is 56.0 Å². The number of nitrogens with zero attached hydrogens (tertiary/aromatic N) is 2. The SMILES string of the molecule is C=CC(=O)N1CCN(C(=O)CNC2CCC(Cl)C3CCCCC23)CC1. The lowest BCUT2D eigenvalue weighted by atomic mass is 9.68. The van der Waals surface area contributed by atoms with Crippen LogP contribution in [0.4, 0.5) is 0 Å². The minimum absolute atomic E-state index is 0.0496. The molecule has 2 amide bonds. The van der Waals surface area contributed by atoms with E-state index in [4.69, 9.17) is 11.6 Å². The molecule has 25 heavy (non-hydrogen) atoms. The summed E-state index contributed by atoms with van der Waals surface area (Å²) < 4.78 is 0. The smallest absolute Gasteiger partial charge is 0.246 e. The molecule has 2 saturated carbocycles. The van der Waals surface area contributed by atoms with Crippen LogP contribution in [0.1, 0.15) is 38.5 Å². The van der Waals surface area contributed by atoms with Crippen LogP contribution in [-0.4, -0.2) is 65.8 Å². The van der Waals surface area contributed by atoms with Gasteiger partial charge in [0.1, 0.15) is 0 Å². The third-order valence-electron chi connectivity index (χ3n) is 6.24. The van der Waals surface area contributed by atoms with Gasteiger partial charge in [0, 0.05) is 37.6 Å². The fourth-order valence-corrected chi connectivity index (χ4v) is 5.23. The van der Waals surface area contributed by atoms with Crippen molar-refractivity contribution in [3.8, 4) is 0 Å². The van der Waals surface area contributed by atoms with Crippen molar-refractivity contribution in [2.45, 2.75) is 49.9 Å². The summed E-state index contributed by atoms with van der Waals surface area (Å²) in [5.41, 5.74) is 0. The predicted molar refractivity (Wildman–Crippen MR) is 99.5 cm³/mol. The van der Waals surface area contributed by atoms with E-state index in [-0.39, 0.29) is 11.8 Å². The highest BCUT2D eigenvalue weighted by molar-refractivity contribution is 6.20. The number of amides is 2. The molecule has 3 rings (SSSR count). The van der Waals surface area contributed by atoms with Gasteiger partial charge >= 0.3 is 0 Å². The molecule has 0 bridgehead atoms. The molecule has 0 aromatic heterocycles. The molecule has 1 N–H and O–H groups in total. The second-order valence-corrected chi connectivity index (χ2v) is 8.16. The lowest BCUT2D eigenvalue weighted by Crippen LogP contribution is -2.54. The van der Waals surface area contributed by atoms with Crippen molar-refractivity contribution in [2.75, 3.05) is 32.7 Å². The van der Waals surface area contributed by atoms with Gasteiger partial charge < -0.3 is 15.1 Å². The summed E-state index contributed by atoms with van der Waals surface area (Å²) in [5, 5.41) is 3.85. The van der Waals surface area contributed by atoms with Crippen molar-refractivity contribution in [1.82, 2.24) is 15.1 Å². The fraction of sp³-hybridized carbons (Fsp3) is 0.789. The summed E-state index contributed by atoms with van der Waals surface area (Å²) in [5.74, 6) is 1.34. The van der Waals surface area contributed by atoms with Gasteiger partial charge in [-0.05, 0) is 43.6 Å². The summed E-state index contributed by atoms with van der Waals surface area (Å²) in [6.07, 6.45) is 8.53. The molecule has 0 aromatic carbocycles. The summed E-state index contributed by atoms with van der Waals surface area (Å²) in [4.78, 5) is 27.8. The van der Waals surface area contributed by atoms with Gasteiger partial charge in [-0.15, -0.1) is 11.6 Å². The van der Waals surface area contributed by atoms with Gasteiger partial charge in [-0.1, -0.05) is 19.4 Å². The van der Waals surface area contributed by atoms with Crippen LogP contribution in [0.15, 0.2) is 12.7 Å². The Morgan fingerprint density at radius 2 is 1.64 bits per heavy atom. The molecule has 0 aromatic rings. The first-order valence-electron chi connectivity index (χ1n) is 9.66. The Balaban J connectivity index is 1.46. The molecule has 1 aliphatic heterocycles. The second-order valence-electron chi connectivity index (χ2n) is 7.60. The molecular weight excluding hydrogens is 338 g/mol. The van der Waals surface area contributed by atoms with Gasteiger partial charge in [0.05, 0.1) is 6.54 Å². The molecule has 5 nitrogen and oxygen atoms in total. The number of hydrogen-bond donors (Lipinski definition) is 1. The Hall–Kier alpha value is -1.07. The minimum Gasteiger partial charge on any atom is -0.338 e. The number of halogens is 1. The van der Waals surface area contributed by atoms with Crippen molar-refractivity contribution < 1.29 is 9.59 Å². The molecule has 2 aliphatic carbocycles. The van der Waals surface area contributed by atoms with Crippen molar-refractivity contribution in [3.05, 3.63) is 12.7 Å². The van der Waals surface area contributed by atoms with E-state index in [2.05, 4.69) is 11.9 Å². The highest BCUT2D eigenvalue weighted by Crippen LogP contribution is 2.42. The number of carbonyl (C=O) groups excluding carboxylic acids is 2. The molecule has 0 radical (unpaired) electrons. The topological polar surface area (TPSA) is 52.7 Å². The lowest BCUT2D eigenvalue weighted by molar-refractivity contribution is -0.136. The van der Waals surface area contributed by atoms with Gasteiger partial charge in [-0.25, -0.2) is 0 Å². The monoisotopic (exact) mass is 367 g/mol. The van der Waals surface area contributed by atoms with Crippen molar-refractivity contribution in [3.63, 3.8) is 0 Å². The van der Waals surface area contributed by atoms with Crippen LogP contribution in [0.25, 0.3) is 0 Å². The maximum atomic E-state index is 12.5. The van der Waals surface area contributed by atoms with E-state index in [1.54, 1.807) is 4.90 Å². The van der Waals surface area contributed by atoms with E-state index in [1.165, 1.54) is 31.8 Å². The molecule has 4 atom stereocenters. The summed E-state index contributed by atoms with van der Waals surface area (Å²) in [6.45, 7) is 6.33. The number of alkyl halides is 1. The van der Waals surface area contributed by atoms with Crippen molar-refractivity contribution in [2.24, 2.45) is 11.8 Å². The van der Waals surface area contributed by atoms with Gasteiger partial charge in [-0.3, -0.25) is 9.59 Å². The average Bonchev–Trinajstić information content (AvgIpc) is 2.67. The zero-order chi connectivity index (χ0) is 17.8. The van der Waals surface area contributed by atoms with Crippen molar-refractivity contribution >= 4 is 23.4 Å². The van der Waals surface area contributed by atoms with E-state index >= 15 is 0 Å². The highest BCUT2D eigenvalue weighted by atomic mass is 35.5. The fourth-order valence-electron chi connectivity index (χ4n) is 4.79. The third-order valence-corrected chi connectivity index (χ3v) is 6.79. The van der Waals surface area contributed by atoms with Crippen LogP contribution < -0.4 is 5.32 Å². The van der Waals surface area contributed by atoms with Crippen LogP contribution in [0.3, 0.4) is 0 Å². The van der Waals surface area contributed by atoms with Crippen LogP contribution in [-0.2, 0) is 9.59 Å². The first-order valence-corrected chi connectivity index (χ1v) is 10.1. The molecule has 4 unspecified atom stereocenters. The van der Waals surface area contributed by atoms with Gasteiger partial charge in [-0.2, -0.15) is 0 Å².